The van der Waals surface area contributed by atoms with Crippen molar-refractivity contribution in [3.05, 3.63) is 63.9 Å². The summed E-state index contributed by atoms with van der Waals surface area (Å²) in [5.41, 5.74) is 1.14. The van der Waals surface area contributed by atoms with E-state index >= 15 is 0 Å². The Labute approximate surface area is 162 Å². The number of rotatable bonds is 5. The molecule has 0 saturated carbocycles. The summed E-state index contributed by atoms with van der Waals surface area (Å²) in [5.74, 6) is -0.358. The zero-order chi connectivity index (χ0) is 18.5. The lowest BCUT2D eigenvalue weighted by Crippen LogP contribution is -2.48. The second-order valence-electron chi connectivity index (χ2n) is 6.16. The summed E-state index contributed by atoms with van der Waals surface area (Å²) in [6, 6.07) is 11.7. The number of piperazine rings is 1. The third-order valence-electron chi connectivity index (χ3n) is 4.46. The fourth-order valence-corrected chi connectivity index (χ4v) is 3.29. The summed E-state index contributed by atoms with van der Waals surface area (Å²) < 4.78 is 13.9. The monoisotopic (exact) mass is 395 g/mol. The standard InChI is InChI=1S/C19H20Cl2FN3O/c20-15-6-5-14(13-16(15)21)19(26)23-7-8-24-9-11-25(12-10-24)18-4-2-1-3-17(18)22/h1-6,13H,7-12H2,(H,23,26). The van der Waals surface area contributed by atoms with Gasteiger partial charge < -0.3 is 10.2 Å². The molecule has 2 aromatic rings. The van der Waals surface area contributed by atoms with Crippen LogP contribution in [0.2, 0.25) is 10.0 Å². The van der Waals surface area contributed by atoms with Gasteiger partial charge in [-0.05, 0) is 30.3 Å². The maximum atomic E-state index is 13.9. The molecule has 0 aromatic heterocycles. The number of nitrogens with zero attached hydrogens (tertiary/aromatic N) is 2. The second-order valence-corrected chi connectivity index (χ2v) is 6.98. The van der Waals surface area contributed by atoms with Crippen molar-refractivity contribution in [3.8, 4) is 0 Å². The summed E-state index contributed by atoms with van der Waals surface area (Å²) in [6.07, 6.45) is 0. The number of para-hydroxylation sites is 1. The third kappa shape index (κ3) is 4.67. The number of carbonyl (C=O) groups is 1. The Kier molecular flexibility index (Phi) is 6.35. The van der Waals surface area contributed by atoms with Crippen LogP contribution in [0.15, 0.2) is 42.5 Å². The van der Waals surface area contributed by atoms with E-state index in [2.05, 4.69) is 15.1 Å². The minimum Gasteiger partial charge on any atom is -0.367 e. The highest BCUT2D eigenvalue weighted by atomic mass is 35.5. The average molecular weight is 396 g/mol. The summed E-state index contributed by atoms with van der Waals surface area (Å²) in [4.78, 5) is 16.5. The minimum atomic E-state index is -0.185. The average Bonchev–Trinajstić information content (AvgIpc) is 2.65. The number of anilines is 1. The molecule has 138 valence electrons. The van der Waals surface area contributed by atoms with E-state index in [1.807, 2.05) is 12.1 Å². The molecule has 7 heteroatoms. The number of carbonyl (C=O) groups excluding carboxylic acids is 1. The molecule has 0 unspecified atom stereocenters. The van der Waals surface area contributed by atoms with Crippen LogP contribution in [0.4, 0.5) is 10.1 Å². The van der Waals surface area contributed by atoms with Gasteiger partial charge in [0.2, 0.25) is 0 Å². The molecular weight excluding hydrogens is 376 g/mol. The van der Waals surface area contributed by atoms with Gasteiger partial charge in [0.25, 0.3) is 5.91 Å². The molecule has 1 saturated heterocycles. The van der Waals surface area contributed by atoms with Crippen molar-refractivity contribution >= 4 is 34.8 Å². The van der Waals surface area contributed by atoms with Crippen molar-refractivity contribution in [3.63, 3.8) is 0 Å². The van der Waals surface area contributed by atoms with Gasteiger partial charge in [0, 0.05) is 44.8 Å². The van der Waals surface area contributed by atoms with E-state index in [0.29, 0.717) is 27.8 Å². The number of hydrogen-bond donors (Lipinski definition) is 1. The fraction of sp³-hybridized carbons (Fsp3) is 0.316. The predicted molar refractivity (Wildman–Crippen MR) is 104 cm³/mol. The van der Waals surface area contributed by atoms with Gasteiger partial charge in [-0.15, -0.1) is 0 Å². The quantitative estimate of drug-likeness (QED) is 0.838. The Morgan fingerprint density at radius 3 is 2.46 bits per heavy atom. The number of halogens is 3. The highest BCUT2D eigenvalue weighted by Crippen LogP contribution is 2.22. The molecule has 1 amide bonds. The van der Waals surface area contributed by atoms with Gasteiger partial charge >= 0.3 is 0 Å². The number of hydrogen-bond acceptors (Lipinski definition) is 3. The fourth-order valence-electron chi connectivity index (χ4n) is 2.99. The van der Waals surface area contributed by atoms with Crippen molar-refractivity contribution < 1.29 is 9.18 Å². The van der Waals surface area contributed by atoms with E-state index < -0.39 is 0 Å². The molecule has 0 radical (unpaired) electrons. The zero-order valence-corrected chi connectivity index (χ0v) is 15.7. The van der Waals surface area contributed by atoms with Crippen LogP contribution in [-0.4, -0.2) is 50.1 Å². The normalized spacial score (nSPS) is 15.1. The lowest BCUT2D eigenvalue weighted by atomic mass is 10.2. The van der Waals surface area contributed by atoms with Crippen molar-refractivity contribution in [2.75, 3.05) is 44.2 Å². The van der Waals surface area contributed by atoms with Crippen LogP contribution in [0, 0.1) is 5.82 Å². The first kappa shape index (κ1) is 19.0. The molecule has 1 fully saturated rings. The Morgan fingerprint density at radius 1 is 1.04 bits per heavy atom. The maximum absolute atomic E-state index is 13.9. The van der Waals surface area contributed by atoms with Crippen LogP contribution in [0.3, 0.4) is 0 Å². The molecule has 0 spiro atoms. The topological polar surface area (TPSA) is 35.6 Å². The van der Waals surface area contributed by atoms with Gasteiger partial charge in [0.05, 0.1) is 15.7 Å². The van der Waals surface area contributed by atoms with Crippen molar-refractivity contribution in [2.45, 2.75) is 0 Å². The van der Waals surface area contributed by atoms with Crippen LogP contribution in [-0.2, 0) is 0 Å². The van der Waals surface area contributed by atoms with Crippen molar-refractivity contribution in [2.24, 2.45) is 0 Å². The van der Waals surface area contributed by atoms with E-state index in [9.17, 15) is 9.18 Å². The van der Waals surface area contributed by atoms with E-state index in [1.54, 1.807) is 24.3 Å². The van der Waals surface area contributed by atoms with Crippen molar-refractivity contribution in [1.82, 2.24) is 10.2 Å². The summed E-state index contributed by atoms with van der Waals surface area (Å²) in [5, 5.41) is 3.68. The molecule has 1 aliphatic rings. The largest absolute Gasteiger partial charge is 0.367 e. The molecule has 1 heterocycles. The minimum absolute atomic E-state index is 0.173. The summed E-state index contributed by atoms with van der Waals surface area (Å²) in [6.45, 7) is 4.48. The first-order chi connectivity index (χ1) is 12.5. The Morgan fingerprint density at radius 2 is 1.77 bits per heavy atom. The smallest absolute Gasteiger partial charge is 0.251 e. The van der Waals surface area contributed by atoms with Gasteiger partial charge in [-0.3, -0.25) is 9.69 Å². The van der Waals surface area contributed by atoms with Gasteiger partial charge in [-0.2, -0.15) is 0 Å². The zero-order valence-electron chi connectivity index (χ0n) is 14.2. The highest BCUT2D eigenvalue weighted by molar-refractivity contribution is 6.42. The van der Waals surface area contributed by atoms with Crippen LogP contribution < -0.4 is 10.2 Å². The SMILES string of the molecule is O=C(NCCN1CCN(c2ccccc2F)CC1)c1ccc(Cl)c(Cl)c1. The molecule has 0 aliphatic carbocycles. The van der Waals surface area contributed by atoms with E-state index in [-0.39, 0.29) is 11.7 Å². The van der Waals surface area contributed by atoms with Crippen LogP contribution in [0.5, 0.6) is 0 Å². The van der Waals surface area contributed by atoms with Gasteiger partial charge in [-0.1, -0.05) is 35.3 Å². The van der Waals surface area contributed by atoms with Crippen LogP contribution >= 0.6 is 23.2 Å². The number of amides is 1. The molecule has 1 aliphatic heterocycles. The molecule has 0 atom stereocenters. The van der Waals surface area contributed by atoms with Crippen LogP contribution in [0.1, 0.15) is 10.4 Å². The Bertz CT molecular complexity index is 779. The number of benzene rings is 2. The Hall–Kier alpha value is -1.82. The third-order valence-corrected chi connectivity index (χ3v) is 5.20. The van der Waals surface area contributed by atoms with Gasteiger partial charge in [0.15, 0.2) is 0 Å². The lowest BCUT2D eigenvalue weighted by molar-refractivity contribution is 0.0947. The van der Waals surface area contributed by atoms with E-state index in [4.69, 9.17) is 23.2 Å². The van der Waals surface area contributed by atoms with Crippen molar-refractivity contribution in [1.29, 1.82) is 0 Å². The Balaban J connectivity index is 1.43. The maximum Gasteiger partial charge on any atom is 0.251 e. The van der Waals surface area contributed by atoms with Crippen LogP contribution in [0.25, 0.3) is 0 Å². The first-order valence-corrected chi connectivity index (χ1v) is 9.25. The lowest BCUT2D eigenvalue weighted by Gasteiger charge is -2.36. The summed E-state index contributed by atoms with van der Waals surface area (Å²) in [7, 11) is 0. The highest BCUT2D eigenvalue weighted by Gasteiger charge is 2.19. The molecule has 2 aromatic carbocycles. The van der Waals surface area contributed by atoms with E-state index in [1.165, 1.54) is 6.07 Å². The molecule has 3 rings (SSSR count). The van der Waals surface area contributed by atoms with E-state index in [0.717, 1.165) is 32.7 Å². The molecule has 1 N–H and O–H groups in total. The molecule has 26 heavy (non-hydrogen) atoms. The molecule has 4 nitrogen and oxygen atoms in total. The number of nitrogens with one attached hydrogen (secondary N) is 1. The molecular formula is C19H20Cl2FN3O. The predicted octanol–water partition coefficient (Wildman–Crippen LogP) is 3.68. The summed E-state index contributed by atoms with van der Waals surface area (Å²) >= 11 is 11.8. The first-order valence-electron chi connectivity index (χ1n) is 8.49. The second kappa shape index (κ2) is 8.71. The van der Waals surface area contributed by atoms with Gasteiger partial charge in [-0.25, -0.2) is 4.39 Å². The molecule has 0 bridgehead atoms. The van der Waals surface area contributed by atoms with Gasteiger partial charge in [0.1, 0.15) is 5.82 Å².